The molecule has 0 unspecified atom stereocenters. The molecule has 0 aromatic carbocycles. The Labute approximate surface area is 148 Å². The summed E-state index contributed by atoms with van der Waals surface area (Å²) in [6.07, 6.45) is 6.56. The number of nitrogens with zero attached hydrogens (tertiary/aromatic N) is 3. The molecule has 0 spiro atoms. The molecule has 3 aliphatic heterocycles. The number of amides is 2. The van der Waals surface area contributed by atoms with Crippen LogP contribution in [0.1, 0.15) is 60.8 Å². The van der Waals surface area contributed by atoms with Crippen molar-refractivity contribution < 1.29 is 9.59 Å². The predicted octanol–water partition coefficient (Wildman–Crippen LogP) is 2.14. The van der Waals surface area contributed by atoms with E-state index in [1.807, 2.05) is 11.8 Å². The normalized spacial score (nSPS) is 26.7. The van der Waals surface area contributed by atoms with Crippen LogP contribution < -0.4 is 0 Å². The molecule has 2 bridgehead atoms. The minimum Gasteiger partial charge on any atom is -0.337 e. The topological polar surface area (TPSA) is 69.3 Å². The number of aromatic amines is 1. The van der Waals surface area contributed by atoms with Gasteiger partial charge < -0.3 is 9.80 Å². The largest absolute Gasteiger partial charge is 0.337 e. The number of carbonyl (C=O) groups excluding carboxylic acids is 2. The molecule has 25 heavy (non-hydrogen) atoms. The van der Waals surface area contributed by atoms with Crippen LogP contribution in [0, 0.1) is 18.8 Å². The van der Waals surface area contributed by atoms with Crippen LogP contribution in [0.3, 0.4) is 0 Å². The number of nitrogens with one attached hydrogen (secondary N) is 1. The zero-order valence-electron chi connectivity index (χ0n) is 15.3. The van der Waals surface area contributed by atoms with E-state index in [1.165, 1.54) is 19.3 Å². The lowest BCUT2D eigenvalue weighted by Gasteiger charge is -2.40. The average Bonchev–Trinajstić information content (AvgIpc) is 2.74. The number of hydrogen-bond donors (Lipinski definition) is 1. The maximum atomic E-state index is 13.0. The van der Waals surface area contributed by atoms with Crippen molar-refractivity contribution in [3.05, 3.63) is 17.0 Å². The SMILES string of the molecule is CCc1[nH]nc(C(=O)N2C[C@H]3CC[C@@H](C2)N(CC2CCC2)C3=O)c1C. The van der Waals surface area contributed by atoms with Gasteiger partial charge in [-0.1, -0.05) is 13.3 Å². The fourth-order valence-electron chi connectivity index (χ4n) is 4.54. The number of aryl methyl sites for hydroxylation is 1. The van der Waals surface area contributed by atoms with Crippen LogP contribution in [-0.2, 0) is 11.2 Å². The van der Waals surface area contributed by atoms with Crippen molar-refractivity contribution in [2.45, 2.75) is 58.4 Å². The molecule has 1 aromatic heterocycles. The van der Waals surface area contributed by atoms with E-state index in [4.69, 9.17) is 0 Å². The monoisotopic (exact) mass is 344 g/mol. The molecule has 1 saturated carbocycles. The molecule has 6 nitrogen and oxygen atoms in total. The van der Waals surface area contributed by atoms with E-state index in [1.54, 1.807) is 0 Å². The second-order valence-electron chi connectivity index (χ2n) is 7.96. The van der Waals surface area contributed by atoms with E-state index >= 15 is 0 Å². The first-order valence-corrected chi connectivity index (χ1v) is 9.72. The molecule has 1 aromatic rings. The summed E-state index contributed by atoms with van der Waals surface area (Å²) >= 11 is 0. The lowest BCUT2D eigenvalue weighted by Crippen LogP contribution is -2.50. The van der Waals surface area contributed by atoms with Crippen molar-refractivity contribution in [3.63, 3.8) is 0 Å². The molecule has 4 fully saturated rings. The highest BCUT2D eigenvalue weighted by molar-refractivity contribution is 5.94. The van der Waals surface area contributed by atoms with Gasteiger partial charge in [0.2, 0.25) is 5.91 Å². The molecule has 2 atom stereocenters. The van der Waals surface area contributed by atoms with E-state index in [9.17, 15) is 9.59 Å². The predicted molar refractivity (Wildman–Crippen MR) is 94.2 cm³/mol. The van der Waals surface area contributed by atoms with Gasteiger partial charge in [-0.2, -0.15) is 5.10 Å². The van der Waals surface area contributed by atoms with E-state index in [0.717, 1.165) is 37.1 Å². The van der Waals surface area contributed by atoms with Crippen LogP contribution in [0.5, 0.6) is 0 Å². The van der Waals surface area contributed by atoms with Crippen molar-refractivity contribution in [3.8, 4) is 0 Å². The third-order valence-corrected chi connectivity index (χ3v) is 6.43. The molecule has 1 N–H and O–H groups in total. The molecule has 1 aliphatic carbocycles. The molecule has 3 saturated heterocycles. The molecular weight excluding hydrogens is 316 g/mol. The Morgan fingerprint density at radius 3 is 2.68 bits per heavy atom. The van der Waals surface area contributed by atoms with E-state index in [2.05, 4.69) is 22.0 Å². The van der Waals surface area contributed by atoms with Crippen LogP contribution in [0.4, 0.5) is 0 Å². The molecule has 4 heterocycles. The van der Waals surface area contributed by atoms with Crippen molar-refractivity contribution in [1.29, 1.82) is 0 Å². The third kappa shape index (κ3) is 2.85. The second kappa shape index (κ2) is 6.46. The van der Waals surface area contributed by atoms with Gasteiger partial charge >= 0.3 is 0 Å². The summed E-state index contributed by atoms with van der Waals surface area (Å²) in [6, 6.07) is 0.181. The fourth-order valence-corrected chi connectivity index (χ4v) is 4.54. The van der Waals surface area contributed by atoms with E-state index < -0.39 is 0 Å². The van der Waals surface area contributed by atoms with Crippen LogP contribution in [0.2, 0.25) is 0 Å². The summed E-state index contributed by atoms with van der Waals surface area (Å²) in [5.41, 5.74) is 2.49. The summed E-state index contributed by atoms with van der Waals surface area (Å²) in [4.78, 5) is 29.9. The highest BCUT2D eigenvalue weighted by Crippen LogP contribution is 2.34. The minimum absolute atomic E-state index is 0.0244. The lowest BCUT2D eigenvalue weighted by molar-refractivity contribution is -0.141. The summed E-state index contributed by atoms with van der Waals surface area (Å²) < 4.78 is 0. The van der Waals surface area contributed by atoms with E-state index in [0.29, 0.717) is 24.7 Å². The van der Waals surface area contributed by atoms with Gasteiger partial charge in [-0.25, -0.2) is 0 Å². The Balaban J connectivity index is 1.53. The Hall–Kier alpha value is -1.85. The van der Waals surface area contributed by atoms with Gasteiger partial charge in [0.15, 0.2) is 5.69 Å². The summed E-state index contributed by atoms with van der Waals surface area (Å²) in [7, 11) is 0. The maximum absolute atomic E-state index is 13.0. The van der Waals surface area contributed by atoms with Gasteiger partial charge in [-0.3, -0.25) is 14.7 Å². The fraction of sp³-hybridized carbons (Fsp3) is 0.737. The van der Waals surface area contributed by atoms with Gasteiger partial charge in [0.1, 0.15) is 0 Å². The van der Waals surface area contributed by atoms with Gasteiger partial charge in [-0.05, 0) is 44.9 Å². The molecular formula is C19H28N4O2. The van der Waals surface area contributed by atoms with Crippen LogP contribution >= 0.6 is 0 Å². The number of fused-ring (bicyclic) bond motifs is 4. The van der Waals surface area contributed by atoms with Crippen LogP contribution in [0.15, 0.2) is 0 Å². The Kier molecular flexibility index (Phi) is 4.29. The Morgan fingerprint density at radius 2 is 2.04 bits per heavy atom. The standard InChI is InChI=1S/C19H28N4O2/c1-3-16-12(2)17(21-20-16)19(25)22-10-14-7-8-15(11-22)23(18(14)24)9-13-5-4-6-13/h13-15H,3-11H2,1-2H3,(H,20,21)/t14-,15+/m1/s1. The average molecular weight is 344 g/mol. The molecule has 2 amide bonds. The first kappa shape index (κ1) is 16.6. The number of carbonyl (C=O) groups is 2. The van der Waals surface area contributed by atoms with Crippen molar-refractivity contribution >= 4 is 11.8 Å². The van der Waals surface area contributed by atoms with Crippen LogP contribution in [-0.4, -0.2) is 57.5 Å². The quantitative estimate of drug-likeness (QED) is 0.910. The molecule has 0 radical (unpaired) electrons. The second-order valence-corrected chi connectivity index (χ2v) is 7.96. The van der Waals surface area contributed by atoms with Gasteiger partial charge in [0.25, 0.3) is 5.91 Å². The summed E-state index contributed by atoms with van der Waals surface area (Å²) in [6.45, 7) is 6.10. The number of hydrogen-bond acceptors (Lipinski definition) is 3. The summed E-state index contributed by atoms with van der Waals surface area (Å²) in [5.74, 6) is 0.885. The summed E-state index contributed by atoms with van der Waals surface area (Å²) in [5, 5.41) is 7.24. The van der Waals surface area contributed by atoms with Crippen LogP contribution in [0.25, 0.3) is 0 Å². The number of piperidine rings is 1. The highest BCUT2D eigenvalue weighted by Gasteiger charge is 2.43. The van der Waals surface area contributed by atoms with Gasteiger partial charge in [-0.15, -0.1) is 0 Å². The zero-order valence-corrected chi connectivity index (χ0v) is 15.3. The van der Waals surface area contributed by atoms with Gasteiger partial charge in [0.05, 0.1) is 5.92 Å². The molecule has 5 rings (SSSR count). The first-order chi connectivity index (χ1) is 12.1. The maximum Gasteiger partial charge on any atom is 0.274 e. The minimum atomic E-state index is -0.0346. The number of H-pyrrole nitrogens is 1. The van der Waals surface area contributed by atoms with Crippen molar-refractivity contribution in [2.75, 3.05) is 19.6 Å². The van der Waals surface area contributed by atoms with Crippen molar-refractivity contribution in [1.82, 2.24) is 20.0 Å². The number of aromatic nitrogens is 2. The first-order valence-electron chi connectivity index (χ1n) is 9.72. The Morgan fingerprint density at radius 1 is 1.24 bits per heavy atom. The van der Waals surface area contributed by atoms with Gasteiger partial charge in [0, 0.05) is 36.9 Å². The zero-order chi connectivity index (χ0) is 17.6. The van der Waals surface area contributed by atoms with Crippen molar-refractivity contribution in [2.24, 2.45) is 11.8 Å². The number of rotatable bonds is 4. The molecule has 136 valence electrons. The van der Waals surface area contributed by atoms with E-state index in [-0.39, 0.29) is 23.8 Å². The smallest absolute Gasteiger partial charge is 0.274 e. The lowest BCUT2D eigenvalue weighted by atomic mass is 9.83. The third-order valence-electron chi connectivity index (χ3n) is 6.43. The molecule has 6 heteroatoms. The highest BCUT2D eigenvalue weighted by atomic mass is 16.2. The Bertz CT molecular complexity index is 679. The molecule has 4 aliphatic rings.